The Kier molecular flexibility index (Phi) is 5.03. The van der Waals surface area contributed by atoms with E-state index in [4.69, 9.17) is 0 Å². The van der Waals surface area contributed by atoms with Gasteiger partial charge < -0.3 is 25.1 Å². The number of hydrogen-bond acceptors (Lipinski definition) is 5. The highest BCUT2D eigenvalue weighted by Gasteiger charge is 2.24. The number of nitrogens with one attached hydrogen (secondary N) is 2. The largest absolute Gasteiger partial charge is 0.505 e. The summed E-state index contributed by atoms with van der Waals surface area (Å²) in [7, 11) is 0. The number of aromatic hydroxyl groups is 2. The Hall–Kier alpha value is -4.92. The lowest BCUT2D eigenvalue weighted by atomic mass is 10.0. The molecule has 6 rings (SSSR count). The lowest BCUT2D eigenvalue weighted by Crippen LogP contribution is -2.24. The number of halogens is 1. The van der Waals surface area contributed by atoms with E-state index < -0.39 is 5.91 Å². The minimum atomic E-state index is -0.405. The lowest BCUT2D eigenvalue weighted by Gasteiger charge is -2.10. The van der Waals surface area contributed by atoms with Gasteiger partial charge in [-0.15, -0.1) is 0 Å². The van der Waals surface area contributed by atoms with Gasteiger partial charge in [0.1, 0.15) is 17.2 Å². The van der Waals surface area contributed by atoms with Crippen molar-refractivity contribution in [3.05, 3.63) is 95.8 Å². The first-order chi connectivity index (χ1) is 17.5. The molecular formula is C27H20FN5O3. The van der Waals surface area contributed by atoms with Crippen molar-refractivity contribution in [1.82, 2.24) is 24.8 Å². The minimum absolute atomic E-state index is 0.122. The SMILES string of the molecule is O=C(NCc1nc2ccccc2[nH]1)c1c2cccnc2c(O)c2c(O)n(Cc3ccc(F)cc3)cc12. The van der Waals surface area contributed by atoms with E-state index in [0.29, 0.717) is 16.6 Å². The molecule has 0 saturated heterocycles. The molecule has 3 aromatic heterocycles. The number of pyridine rings is 1. The summed E-state index contributed by atoms with van der Waals surface area (Å²) in [6.45, 7) is 0.365. The van der Waals surface area contributed by atoms with Crippen molar-refractivity contribution in [2.24, 2.45) is 0 Å². The molecule has 178 valence electrons. The van der Waals surface area contributed by atoms with E-state index in [2.05, 4.69) is 20.3 Å². The molecule has 0 atom stereocenters. The van der Waals surface area contributed by atoms with Crippen LogP contribution in [0.15, 0.2) is 73.1 Å². The molecule has 0 bridgehead atoms. The number of carbonyl (C=O) groups excluding carboxylic acids is 1. The van der Waals surface area contributed by atoms with Crippen molar-refractivity contribution < 1.29 is 19.4 Å². The van der Waals surface area contributed by atoms with Crippen molar-refractivity contribution in [3.8, 4) is 11.6 Å². The Morgan fingerprint density at radius 1 is 1.03 bits per heavy atom. The number of amides is 1. The van der Waals surface area contributed by atoms with Crippen molar-refractivity contribution in [2.45, 2.75) is 13.1 Å². The predicted molar refractivity (Wildman–Crippen MR) is 133 cm³/mol. The van der Waals surface area contributed by atoms with E-state index in [-0.39, 0.29) is 47.0 Å². The number of aromatic nitrogens is 4. The molecule has 3 heterocycles. The molecule has 4 N–H and O–H groups in total. The highest BCUT2D eigenvalue weighted by Crippen LogP contribution is 2.42. The van der Waals surface area contributed by atoms with Crippen LogP contribution in [0.25, 0.3) is 32.7 Å². The van der Waals surface area contributed by atoms with Gasteiger partial charge in [-0.05, 0) is 35.9 Å². The normalized spacial score (nSPS) is 11.5. The summed E-state index contributed by atoms with van der Waals surface area (Å²) in [5.41, 5.74) is 2.88. The molecule has 0 unspecified atom stereocenters. The number of benzene rings is 3. The van der Waals surface area contributed by atoms with Crippen LogP contribution >= 0.6 is 0 Å². The number of nitrogens with zero attached hydrogens (tertiary/aromatic N) is 3. The van der Waals surface area contributed by atoms with Gasteiger partial charge in [-0.3, -0.25) is 9.78 Å². The van der Waals surface area contributed by atoms with E-state index in [1.165, 1.54) is 22.9 Å². The fourth-order valence-electron chi connectivity index (χ4n) is 4.52. The van der Waals surface area contributed by atoms with Crippen LogP contribution in [0.2, 0.25) is 0 Å². The smallest absolute Gasteiger partial charge is 0.253 e. The second-order valence-corrected chi connectivity index (χ2v) is 8.50. The summed E-state index contributed by atoms with van der Waals surface area (Å²) < 4.78 is 14.8. The number of imidazole rings is 1. The molecule has 0 aliphatic heterocycles. The van der Waals surface area contributed by atoms with Crippen LogP contribution < -0.4 is 5.32 Å². The first-order valence-electron chi connectivity index (χ1n) is 11.3. The van der Waals surface area contributed by atoms with Crippen LogP contribution in [0.4, 0.5) is 4.39 Å². The molecule has 9 heteroatoms. The van der Waals surface area contributed by atoms with Gasteiger partial charge in [0, 0.05) is 23.2 Å². The number of H-pyrrole nitrogens is 1. The van der Waals surface area contributed by atoms with Crippen LogP contribution in [0, 0.1) is 5.82 Å². The summed E-state index contributed by atoms with van der Waals surface area (Å²) in [5.74, 6) is -0.606. The number of rotatable bonds is 5. The second kappa shape index (κ2) is 8.38. The van der Waals surface area contributed by atoms with Gasteiger partial charge in [0.25, 0.3) is 5.91 Å². The third kappa shape index (κ3) is 3.58. The van der Waals surface area contributed by atoms with Gasteiger partial charge in [-0.2, -0.15) is 0 Å². The second-order valence-electron chi connectivity index (χ2n) is 8.50. The zero-order chi connectivity index (χ0) is 24.8. The van der Waals surface area contributed by atoms with E-state index in [9.17, 15) is 19.4 Å². The maximum Gasteiger partial charge on any atom is 0.253 e. The van der Waals surface area contributed by atoms with Crippen molar-refractivity contribution in [1.29, 1.82) is 0 Å². The van der Waals surface area contributed by atoms with Crippen molar-refractivity contribution in [2.75, 3.05) is 0 Å². The van der Waals surface area contributed by atoms with Crippen molar-refractivity contribution >= 4 is 38.6 Å². The Balaban J connectivity index is 1.43. The standard InChI is InChI=1S/C27H20FN5O3/c28-16-9-7-15(8-10-16)13-33-14-18-22(17-4-3-11-29-24(17)25(34)23(18)27(33)36)26(35)30-12-21-31-19-5-1-2-6-20(19)32-21/h1-11,14,34,36H,12-13H2,(H,30,35)(H,31,32). The van der Waals surface area contributed by atoms with Crippen molar-refractivity contribution in [3.63, 3.8) is 0 Å². The molecule has 8 nitrogen and oxygen atoms in total. The summed E-state index contributed by atoms with van der Waals surface area (Å²) in [6.07, 6.45) is 3.12. The van der Waals surface area contributed by atoms with Crippen LogP contribution in [0.3, 0.4) is 0 Å². The quantitative estimate of drug-likeness (QED) is 0.287. The number of phenolic OH excluding ortho intramolecular Hbond substituents is 1. The summed E-state index contributed by atoms with van der Waals surface area (Å²) in [6, 6.07) is 16.8. The molecule has 0 radical (unpaired) electrons. The van der Waals surface area contributed by atoms with Crippen LogP contribution in [0.5, 0.6) is 11.6 Å². The highest BCUT2D eigenvalue weighted by atomic mass is 19.1. The monoisotopic (exact) mass is 481 g/mol. The molecule has 0 fully saturated rings. The minimum Gasteiger partial charge on any atom is -0.505 e. The van der Waals surface area contributed by atoms with Gasteiger partial charge in [-0.1, -0.05) is 30.3 Å². The number of fused-ring (bicyclic) bond motifs is 3. The van der Waals surface area contributed by atoms with Gasteiger partial charge in [0.05, 0.1) is 35.1 Å². The third-order valence-corrected chi connectivity index (χ3v) is 6.21. The Labute approximate surface area is 203 Å². The van der Waals surface area contributed by atoms with Gasteiger partial charge in [0.2, 0.25) is 5.88 Å². The number of phenols is 1. The molecule has 0 saturated carbocycles. The van der Waals surface area contributed by atoms with E-state index in [0.717, 1.165) is 16.6 Å². The Bertz CT molecular complexity index is 1740. The number of para-hydroxylation sites is 2. The summed E-state index contributed by atoms with van der Waals surface area (Å²) in [5, 5.41) is 25.8. The first kappa shape index (κ1) is 21.6. The summed E-state index contributed by atoms with van der Waals surface area (Å²) in [4.78, 5) is 25.4. The fraction of sp³-hybridized carbons (Fsp3) is 0.0741. The number of hydrogen-bond donors (Lipinski definition) is 4. The Morgan fingerprint density at radius 3 is 2.64 bits per heavy atom. The molecule has 3 aromatic carbocycles. The molecule has 0 aliphatic rings. The third-order valence-electron chi connectivity index (χ3n) is 6.21. The van der Waals surface area contributed by atoms with Gasteiger partial charge in [-0.25, -0.2) is 9.37 Å². The Morgan fingerprint density at radius 2 is 1.83 bits per heavy atom. The predicted octanol–water partition coefficient (Wildman–Crippen LogP) is 4.59. The first-order valence-corrected chi connectivity index (χ1v) is 11.3. The zero-order valence-electron chi connectivity index (χ0n) is 18.9. The average molecular weight is 481 g/mol. The van der Waals surface area contributed by atoms with E-state index in [1.807, 2.05) is 24.3 Å². The fourth-order valence-corrected chi connectivity index (χ4v) is 4.52. The molecular weight excluding hydrogens is 461 g/mol. The lowest BCUT2D eigenvalue weighted by molar-refractivity contribution is 0.0953. The van der Waals surface area contributed by atoms with Gasteiger partial charge in [0.15, 0.2) is 5.75 Å². The number of aromatic amines is 1. The topological polar surface area (TPSA) is 116 Å². The van der Waals surface area contributed by atoms with E-state index >= 15 is 0 Å². The van der Waals surface area contributed by atoms with Crippen LogP contribution in [-0.2, 0) is 13.1 Å². The van der Waals surface area contributed by atoms with Gasteiger partial charge >= 0.3 is 0 Å². The molecule has 1 amide bonds. The van der Waals surface area contributed by atoms with E-state index in [1.54, 1.807) is 30.5 Å². The highest BCUT2D eigenvalue weighted by molar-refractivity contribution is 6.21. The molecule has 36 heavy (non-hydrogen) atoms. The summed E-state index contributed by atoms with van der Waals surface area (Å²) >= 11 is 0. The molecule has 0 spiro atoms. The molecule has 0 aliphatic carbocycles. The maximum atomic E-state index is 13.5. The number of carbonyl (C=O) groups is 1. The van der Waals surface area contributed by atoms with Crippen LogP contribution in [0.1, 0.15) is 21.7 Å². The van der Waals surface area contributed by atoms with Crippen LogP contribution in [-0.4, -0.2) is 35.6 Å². The maximum absolute atomic E-state index is 13.5. The average Bonchev–Trinajstić information content (AvgIpc) is 3.45. The zero-order valence-corrected chi connectivity index (χ0v) is 18.9. The molecule has 6 aromatic rings.